The molecule has 1 aromatic rings. The van der Waals surface area contributed by atoms with Crippen molar-refractivity contribution in [2.45, 2.75) is 18.9 Å². The van der Waals surface area contributed by atoms with E-state index in [-0.39, 0.29) is 11.9 Å². The molecule has 0 aromatic heterocycles. The summed E-state index contributed by atoms with van der Waals surface area (Å²) in [4.78, 5) is 0. The Hall–Kier alpha value is -0.860. The van der Waals surface area contributed by atoms with Crippen LogP contribution in [0.15, 0.2) is 30.9 Å². The van der Waals surface area contributed by atoms with E-state index in [1.165, 1.54) is 6.07 Å². The molecule has 15 heavy (non-hydrogen) atoms. The summed E-state index contributed by atoms with van der Waals surface area (Å²) in [5.41, 5.74) is 0.642. The normalized spacial score (nSPS) is 12.5. The maximum atomic E-state index is 13.4. The van der Waals surface area contributed by atoms with Gasteiger partial charge >= 0.3 is 0 Å². The molecule has 0 fully saturated rings. The van der Waals surface area contributed by atoms with E-state index in [1.807, 2.05) is 13.1 Å². The Balaban J connectivity index is 2.77. The first kappa shape index (κ1) is 12.2. The molecular formula is C12H15ClFN. The van der Waals surface area contributed by atoms with Gasteiger partial charge in [0, 0.05) is 11.1 Å². The molecular weight excluding hydrogens is 213 g/mol. The van der Waals surface area contributed by atoms with Gasteiger partial charge in [-0.2, -0.15) is 0 Å². The monoisotopic (exact) mass is 227 g/mol. The second kappa shape index (κ2) is 5.89. The first-order chi connectivity index (χ1) is 7.17. The van der Waals surface area contributed by atoms with Crippen LogP contribution in [0, 0.1) is 5.82 Å². The standard InChI is InChI=1S/C12H15ClFN/c1-3-4-11(15-2)8-9-7-10(13)5-6-12(9)14/h3,5-7,11,15H,1,4,8H2,2H3. The van der Waals surface area contributed by atoms with Crippen molar-refractivity contribution in [1.29, 1.82) is 0 Å². The molecule has 0 aliphatic heterocycles. The van der Waals surface area contributed by atoms with Crippen LogP contribution in [-0.2, 0) is 6.42 Å². The zero-order valence-electron chi connectivity index (χ0n) is 8.76. The van der Waals surface area contributed by atoms with Crippen LogP contribution in [0.2, 0.25) is 5.02 Å². The van der Waals surface area contributed by atoms with Crippen LogP contribution in [0.1, 0.15) is 12.0 Å². The highest BCUT2D eigenvalue weighted by atomic mass is 35.5. The fourth-order valence-electron chi connectivity index (χ4n) is 1.47. The van der Waals surface area contributed by atoms with E-state index in [0.717, 1.165) is 6.42 Å². The summed E-state index contributed by atoms with van der Waals surface area (Å²) >= 11 is 5.81. The van der Waals surface area contributed by atoms with Gasteiger partial charge in [-0.3, -0.25) is 0 Å². The molecule has 1 unspecified atom stereocenters. The van der Waals surface area contributed by atoms with Crippen LogP contribution in [0.25, 0.3) is 0 Å². The van der Waals surface area contributed by atoms with E-state index in [9.17, 15) is 4.39 Å². The van der Waals surface area contributed by atoms with Gasteiger partial charge in [0.2, 0.25) is 0 Å². The zero-order valence-corrected chi connectivity index (χ0v) is 9.52. The molecule has 0 saturated heterocycles. The molecule has 3 heteroatoms. The molecule has 0 aliphatic carbocycles. The highest BCUT2D eigenvalue weighted by Crippen LogP contribution is 2.17. The third-order valence-corrected chi connectivity index (χ3v) is 2.57. The van der Waals surface area contributed by atoms with Crippen molar-refractivity contribution in [3.05, 3.63) is 47.3 Å². The van der Waals surface area contributed by atoms with Gasteiger partial charge in [0.05, 0.1) is 0 Å². The van der Waals surface area contributed by atoms with E-state index in [2.05, 4.69) is 11.9 Å². The molecule has 0 spiro atoms. The third kappa shape index (κ3) is 3.65. The molecule has 1 aromatic carbocycles. The summed E-state index contributed by atoms with van der Waals surface area (Å²) in [7, 11) is 1.86. The predicted molar refractivity (Wildman–Crippen MR) is 62.8 cm³/mol. The highest BCUT2D eigenvalue weighted by Gasteiger charge is 2.09. The fraction of sp³-hybridized carbons (Fsp3) is 0.333. The van der Waals surface area contributed by atoms with Crippen LogP contribution in [-0.4, -0.2) is 13.1 Å². The molecule has 0 bridgehead atoms. The van der Waals surface area contributed by atoms with Crippen molar-refractivity contribution < 1.29 is 4.39 Å². The van der Waals surface area contributed by atoms with E-state index < -0.39 is 0 Å². The van der Waals surface area contributed by atoms with Crippen molar-refractivity contribution in [3.63, 3.8) is 0 Å². The Kier molecular flexibility index (Phi) is 4.79. The molecule has 0 heterocycles. The lowest BCUT2D eigenvalue weighted by Crippen LogP contribution is -2.27. The van der Waals surface area contributed by atoms with Crippen molar-refractivity contribution in [3.8, 4) is 0 Å². The molecule has 1 N–H and O–H groups in total. The van der Waals surface area contributed by atoms with Gasteiger partial charge in [-0.15, -0.1) is 6.58 Å². The Morgan fingerprint density at radius 3 is 2.93 bits per heavy atom. The largest absolute Gasteiger partial charge is 0.316 e. The maximum absolute atomic E-state index is 13.4. The van der Waals surface area contributed by atoms with Crippen molar-refractivity contribution in [1.82, 2.24) is 5.32 Å². The summed E-state index contributed by atoms with van der Waals surface area (Å²) in [5.74, 6) is -0.205. The molecule has 0 aliphatic rings. The number of halogens is 2. The second-order valence-electron chi connectivity index (χ2n) is 3.45. The minimum absolute atomic E-state index is 0.204. The van der Waals surface area contributed by atoms with E-state index in [0.29, 0.717) is 17.0 Å². The molecule has 1 rings (SSSR count). The van der Waals surface area contributed by atoms with Crippen LogP contribution < -0.4 is 5.32 Å². The van der Waals surface area contributed by atoms with E-state index in [1.54, 1.807) is 12.1 Å². The first-order valence-corrected chi connectivity index (χ1v) is 5.27. The fourth-order valence-corrected chi connectivity index (χ4v) is 1.66. The number of likely N-dealkylation sites (N-methyl/N-ethyl adjacent to an activating group) is 1. The molecule has 82 valence electrons. The van der Waals surface area contributed by atoms with Crippen molar-refractivity contribution in [2.24, 2.45) is 0 Å². The van der Waals surface area contributed by atoms with Crippen LogP contribution >= 0.6 is 11.6 Å². The molecule has 0 amide bonds. The smallest absolute Gasteiger partial charge is 0.126 e. The highest BCUT2D eigenvalue weighted by molar-refractivity contribution is 6.30. The quantitative estimate of drug-likeness (QED) is 0.762. The van der Waals surface area contributed by atoms with Crippen LogP contribution in [0.3, 0.4) is 0 Å². The average Bonchev–Trinajstić information content (AvgIpc) is 2.22. The van der Waals surface area contributed by atoms with Crippen molar-refractivity contribution >= 4 is 11.6 Å². The third-order valence-electron chi connectivity index (χ3n) is 2.33. The minimum Gasteiger partial charge on any atom is -0.316 e. The first-order valence-electron chi connectivity index (χ1n) is 4.89. The lowest BCUT2D eigenvalue weighted by molar-refractivity contribution is 0.539. The molecule has 0 radical (unpaired) electrons. The Morgan fingerprint density at radius 1 is 1.60 bits per heavy atom. The van der Waals surface area contributed by atoms with Gasteiger partial charge in [0.15, 0.2) is 0 Å². The molecule has 0 saturated carbocycles. The Morgan fingerprint density at radius 2 is 2.33 bits per heavy atom. The zero-order chi connectivity index (χ0) is 11.3. The Bertz CT molecular complexity index is 338. The SMILES string of the molecule is C=CCC(Cc1cc(Cl)ccc1F)NC. The topological polar surface area (TPSA) is 12.0 Å². The summed E-state index contributed by atoms with van der Waals surface area (Å²) in [6, 6.07) is 4.83. The van der Waals surface area contributed by atoms with E-state index >= 15 is 0 Å². The van der Waals surface area contributed by atoms with Gasteiger partial charge in [-0.25, -0.2) is 4.39 Å². The van der Waals surface area contributed by atoms with E-state index in [4.69, 9.17) is 11.6 Å². The van der Waals surface area contributed by atoms with Gasteiger partial charge in [0.1, 0.15) is 5.82 Å². The van der Waals surface area contributed by atoms with Gasteiger partial charge in [-0.1, -0.05) is 17.7 Å². The summed E-state index contributed by atoms with van der Waals surface area (Å²) in [6.45, 7) is 3.67. The molecule has 1 atom stereocenters. The van der Waals surface area contributed by atoms with Gasteiger partial charge in [0.25, 0.3) is 0 Å². The Labute approximate surface area is 95.0 Å². The summed E-state index contributed by atoms with van der Waals surface area (Å²) in [6.07, 6.45) is 3.25. The lowest BCUT2D eigenvalue weighted by Gasteiger charge is -2.14. The summed E-state index contributed by atoms with van der Waals surface area (Å²) in [5, 5.41) is 3.69. The summed E-state index contributed by atoms with van der Waals surface area (Å²) < 4.78 is 13.4. The maximum Gasteiger partial charge on any atom is 0.126 e. The minimum atomic E-state index is -0.205. The lowest BCUT2D eigenvalue weighted by atomic mass is 10.0. The number of hydrogen-bond donors (Lipinski definition) is 1. The van der Waals surface area contributed by atoms with Gasteiger partial charge < -0.3 is 5.32 Å². The number of rotatable bonds is 5. The predicted octanol–water partition coefficient (Wildman–Crippen LogP) is 3.19. The average molecular weight is 228 g/mol. The number of benzene rings is 1. The number of nitrogens with one attached hydrogen (secondary N) is 1. The van der Waals surface area contributed by atoms with Crippen LogP contribution in [0.5, 0.6) is 0 Å². The van der Waals surface area contributed by atoms with Gasteiger partial charge in [-0.05, 0) is 43.7 Å². The number of hydrogen-bond acceptors (Lipinski definition) is 1. The molecule has 1 nitrogen and oxygen atoms in total. The van der Waals surface area contributed by atoms with Crippen LogP contribution in [0.4, 0.5) is 4.39 Å². The van der Waals surface area contributed by atoms with Crippen molar-refractivity contribution in [2.75, 3.05) is 7.05 Å². The second-order valence-corrected chi connectivity index (χ2v) is 3.89.